The molecule has 1 aliphatic rings. The molecule has 3 N–H and O–H groups in total. The quantitative estimate of drug-likeness (QED) is 0.365. The number of anilines is 1. The van der Waals surface area contributed by atoms with Crippen LogP contribution < -0.4 is 16.0 Å². The third-order valence-corrected chi connectivity index (χ3v) is 5.07. The van der Waals surface area contributed by atoms with Gasteiger partial charge >= 0.3 is 0 Å². The van der Waals surface area contributed by atoms with Crippen LogP contribution in [0.4, 0.5) is 11.4 Å². The molecule has 2 rings (SSSR count). The fourth-order valence-corrected chi connectivity index (χ4v) is 3.27. The first kappa shape index (κ1) is 19.1. The van der Waals surface area contributed by atoms with E-state index in [0.717, 1.165) is 38.1 Å². The van der Waals surface area contributed by atoms with Gasteiger partial charge in [-0.2, -0.15) is 0 Å². The number of nitro benzene ring substituents is 1. The smallest absolute Gasteiger partial charge is 0.293 e. The second-order valence-electron chi connectivity index (χ2n) is 5.93. The zero-order valence-corrected chi connectivity index (χ0v) is 14.8. The van der Waals surface area contributed by atoms with Crippen molar-refractivity contribution in [3.8, 4) is 0 Å². The van der Waals surface area contributed by atoms with Crippen molar-refractivity contribution in [2.24, 2.45) is 0 Å². The van der Waals surface area contributed by atoms with E-state index in [4.69, 9.17) is 0 Å². The van der Waals surface area contributed by atoms with Gasteiger partial charge in [0.2, 0.25) is 5.91 Å². The fourth-order valence-electron chi connectivity index (χ4n) is 2.62. The third kappa shape index (κ3) is 5.40. The lowest BCUT2D eigenvalue weighted by molar-refractivity contribution is -0.384. The minimum atomic E-state index is -3.52. The topological polar surface area (TPSA) is 130 Å². The molecular formula is C15H22N4O5S. The lowest BCUT2D eigenvalue weighted by Gasteiger charge is -2.22. The molecule has 0 bridgehead atoms. The van der Waals surface area contributed by atoms with E-state index >= 15 is 0 Å². The summed E-state index contributed by atoms with van der Waals surface area (Å²) in [6, 6.07) is 3.52. The summed E-state index contributed by atoms with van der Waals surface area (Å²) in [5, 5.41) is 19.9. The molecule has 25 heavy (non-hydrogen) atoms. The Labute approximate surface area is 146 Å². The van der Waals surface area contributed by atoms with Crippen molar-refractivity contribution < 1.29 is 18.1 Å². The third-order valence-electron chi connectivity index (χ3n) is 3.96. The zero-order chi connectivity index (χ0) is 18.4. The number of sulfone groups is 1. The van der Waals surface area contributed by atoms with E-state index < -0.39 is 14.8 Å². The number of hydrogen-bond acceptors (Lipinski definition) is 7. The highest BCUT2D eigenvalue weighted by atomic mass is 32.2. The van der Waals surface area contributed by atoms with Crippen LogP contribution in [0.25, 0.3) is 0 Å². The largest absolute Gasteiger partial charge is 0.378 e. The summed E-state index contributed by atoms with van der Waals surface area (Å²) in [5.74, 6) is -0.0802. The van der Waals surface area contributed by atoms with Crippen LogP contribution >= 0.6 is 0 Å². The van der Waals surface area contributed by atoms with Crippen LogP contribution in [0, 0.1) is 10.1 Å². The van der Waals surface area contributed by atoms with Gasteiger partial charge in [-0.05, 0) is 31.5 Å². The number of nitro groups is 1. The Morgan fingerprint density at radius 1 is 1.36 bits per heavy atom. The molecule has 1 aliphatic heterocycles. The van der Waals surface area contributed by atoms with E-state index in [9.17, 15) is 23.3 Å². The monoisotopic (exact) mass is 370 g/mol. The summed E-state index contributed by atoms with van der Waals surface area (Å²) in [5.41, 5.74) is -0.106. The fraction of sp³-hybridized carbons (Fsp3) is 0.533. The van der Waals surface area contributed by atoms with Crippen LogP contribution in [0.2, 0.25) is 0 Å². The molecule has 0 aliphatic carbocycles. The summed E-state index contributed by atoms with van der Waals surface area (Å²) in [6.45, 7) is 1.43. The van der Waals surface area contributed by atoms with Gasteiger partial charge in [0, 0.05) is 25.4 Å². The van der Waals surface area contributed by atoms with Gasteiger partial charge in [-0.25, -0.2) is 8.42 Å². The van der Waals surface area contributed by atoms with Crippen molar-refractivity contribution in [3.63, 3.8) is 0 Å². The Morgan fingerprint density at radius 3 is 2.72 bits per heavy atom. The summed E-state index contributed by atoms with van der Waals surface area (Å²) >= 11 is 0. The number of nitrogens with one attached hydrogen (secondary N) is 3. The molecule has 1 aromatic carbocycles. The maximum Gasteiger partial charge on any atom is 0.293 e. The van der Waals surface area contributed by atoms with E-state index in [1.54, 1.807) is 0 Å². The van der Waals surface area contributed by atoms with Crippen molar-refractivity contribution in [2.45, 2.75) is 30.2 Å². The molecule has 1 aromatic rings. The minimum Gasteiger partial charge on any atom is -0.378 e. The summed E-state index contributed by atoms with van der Waals surface area (Å²) in [7, 11) is -3.52. The van der Waals surface area contributed by atoms with Crippen molar-refractivity contribution in [3.05, 3.63) is 28.3 Å². The van der Waals surface area contributed by atoms with E-state index in [2.05, 4.69) is 16.0 Å². The van der Waals surface area contributed by atoms with Crippen molar-refractivity contribution in [1.82, 2.24) is 10.6 Å². The first-order chi connectivity index (χ1) is 11.8. The van der Waals surface area contributed by atoms with E-state index in [1.165, 1.54) is 12.1 Å². The maximum absolute atomic E-state index is 12.0. The van der Waals surface area contributed by atoms with Crippen LogP contribution in [-0.2, 0) is 14.6 Å². The average Bonchev–Trinajstić information content (AvgIpc) is 2.58. The SMILES string of the molecule is CS(=O)(=O)c1ccc(NCCNC(=O)C2CCCCN2)c([N+](=O)[O-])c1. The molecule has 1 heterocycles. The molecule has 1 amide bonds. The van der Waals surface area contributed by atoms with E-state index in [0.29, 0.717) is 6.54 Å². The highest BCUT2D eigenvalue weighted by Crippen LogP contribution is 2.27. The lowest BCUT2D eigenvalue weighted by atomic mass is 10.0. The molecule has 0 saturated carbocycles. The summed E-state index contributed by atoms with van der Waals surface area (Å²) in [4.78, 5) is 22.4. The van der Waals surface area contributed by atoms with Gasteiger partial charge < -0.3 is 16.0 Å². The molecule has 10 heteroatoms. The first-order valence-electron chi connectivity index (χ1n) is 8.02. The Balaban J connectivity index is 1.91. The van der Waals surface area contributed by atoms with Gasteiger partial charge in [0.05, 0.1) is 15.9 Å². The molecule has 0 aromatic heterocycles. The molecule has 1 fully saturated rings. The number of carbonyl (C=O) groups excluding carboxylic acids is 1. The Bertz CT molecular complexity index is 744. The number of hydrogen-bond donors (Lipinski definition) is 3. The van der Waals surface area contributed by atoms with Crippen LogP contribution in [0.15, 0.2) is 23.1 Å². The van der Waals surface area contributed by atoms with Crippen LogP contribution in [-0.4, -0.2) is 51.2 Å². The second kappa shape index (κ2) is 8.26. The molecule has 138 valence electrons. The molecule has 1 unspecified atom stereocenters. The highest BCUT2D eigenvalue weighted by molar-refractivity contribution is 7.90. The Kier molecular flexibility index (Phi) is 6.32. The number of amides is 1. The van der Waals surface area contributed by atoms with Gasteiger partial charge in [-0.15, -0.1) is 0 Å². The predicted molar refractivity (Wildman–Crippen MR) is 93.3 cm³/mol. The summed E-state index contributed by atoms with van der Waals surface area (Å²) in [6.07, 6.45) is 3.88. The number of benzene rings is 1. The molecule has 0 radical (unpaired) electrons. The Hall–Kier alpha value is -2.20. The maximum atomic E-state index is 12.0. The number of rotatable bonds is 7. The second-order valence-corrected chi connectivity index (χ2v) is 7.94. The van der Waals surface area contributed by atoms with Crippen molar-refractivity contribution >= 4 is 27.1 Å². The molecule has 9 nitrogen and oxygen atoms in total. The van der Waals surface area contributed by atoms with Gasteiger partial charge in [-0.3, -0.25) is 14.9 Å². The molecular weight excluding hydrogens is 348 g/mol. The first-order valence-corrected chi connectivity index (χ1v) is 9.91. The van der Waals surface area contributed by atoms with E-state index in [-0.39, 0.29) is 34.8 Å². The number of carbonyl (C=O) groups is 1. The van der Waals surface area contributed by atoms with E-state index in [1.807, 2.05) is 0 Å². The van der Waals surface area contributed by atoms with Gasteiger partial charge in [0.25, 0.3) is 5.69 Å². The van der Waals surface area contributed by atoms with Crippen molar-refractivity contribution in [2.75, 3.05) is 31.2 Å². The van der Waals surface area contributed by atoms with Crippen molar-refractivity contribution in [1.29, 1.82) is 0 Å². The minimum absolute atomic E-state index is 0.0802. The van der Waals surface area contributed by atoms with Gasteiger partial charge in [-0.1, -0.05) is 6.42 Å². The predicted octanol–water partition coefficient (Wildman–Crippen LogP) is 0.668. The van der Waals surface area contributed by atoms with Crippen LogP contribution in [0.3, 0.4) is 0 Å². The average molecular weight is 370 g/mol. The molecule has 0 spiro atoms. The van der Waals surface area contributed by atoms with Crippen LogP contribution in [0.1, 0.15) is 19.3 Å². The number of piperidine rings is 1. The van der Waals surface area contributed by atoms with Crippen LogP contribution in [0.5, 0.6) is 0 Å². The molecule has 1 atom stereocenters. The van der Waals surface area contributed by atoms with Gasteiger partial charge in [0.1, 0.15) is 5.69 Å². The molecule has 1 saturated heterocycles. The zero-order valence-electron chi connectivity index (χ0n) is 13.9. The normalized spacial score (nSPS) is 17.7. The standard InChI is InChI=1S/C15H22N4O5S/c1-25(23,24)11-5-6-12(14(10-11)19(21)22)17-8-9-18-15(20)13-4-2-3-7-16-13/h5-6,10,13,16-17H,2-4,7-9H2,1H3,(H,18,20). The highest BCUT2D eigenvalue weighted by Gasteiger charge is 2.20. The Morgan fingerprint density at radius 2 is 2.12 bits per heavy atom. The number of nitrogens with zero attached hydrogens (tertiary/aromatic N) is 1. The lowest BCUT2D eigenvalue weighted by Crippen LogP contribution is -2.47. The van der Waals surface area contributed by atoms with Gasteiger partial charge in [0.15, 0.2) is 9.84 Å². The summed E-state index contributed by atoms with van der Waals surface area (Å²) < 4.78 is 23.0.